The number of carbonyl (C=O) groups is 1. The van der Waals surface area contributed by atoms with Gasteiger partial charge in [0.1, 0.15) is 0 Å². The van der Waals surface area contributed by atoms with E-state index in [0.29, 0.717) is 12.2 Å². The second kappa shape index (κ2) is 6.21. The number of anilines is 1. The van der Waals surface area contributed by atoms with E-state index in [0.717, 1.165) is 5.56 Å². The van der Waals surface area contributed by atoms with E-state index in [-0.39, 0.29) is 17.9 Å². The average molecular weight is 248 g/mol. The molecule has 4 heteroatoms. The number of amides is 1. The van der Waals surface area contributed by atoms with Crippen LogP contribution in [0.2, 0.25) is 0 Å². The van der Waals surface area contributed by atoms with Crippen molar-refractivity contribution in [1.82, 2.24) is 5.32 Å². The number of nitrogen functional groups attached to an aromatic ring is 1. The minimum atomic E-state index is -0.301. The van der Waals surface area contributed by atoms with E-state index in [9.17, 15) is 4.79 Å². The number of aliphatic hydroxyl groups excluding tert-OH is 1. The smallest absolute Gasteiger partial charge is 0.244 e. The molecule has 1 aromatic carbocycles. The molecular weight excluding hydrogens is 228 g/mol. The summed E-state index contributed by atoms with van der Waals surface area (Å²) in [4.78, 5) is 11.5. The second-order valence-electron chi connectivity index (χ2n) is 5.04. The summed E-state index contributed by atoms with van der Waals surface area (Å²) >= 11 is 0. The van der Waals surface area contributed by atoms with Gasteiger partial charge in [-0.1, -0.05) is 26.0 Å². The molecule has 0 saturated carbocycles. The molecule has 1 amide bonds. The molecule has 0 saturated heterocycles. The molecule has 18 heavy (non-hydrogen) atoms. The zero-order valence-electron chi connectivity index (χ0n) is 10.8. The summed E-state index contributed by atoms with van der Waals surface area (Å²) in [5.74, 6) is -0.173. The maximum Gasteiger partial charge on any atom is 0.244 e. The molecule has 0 unspecified atom stereocenters. The number of hydrogen-bond donors (Lipinski definition) is 3. The molecule has 0 aromatic heterocycles. The van der Waals surface area contributed by atoms with Crippen LogP contribution in [0.3, 0.4) is 0 Å². The largest absolute Gasteiger partial charge is 0.399 e. The van der Waals surface area contributed by atoms with Crippen molar-refractivity contribution in [2.75, 3.05) is 18.9 Å². The summed E-state index contributed by atoms with van der Waals surface area (Å²) in [6.45, 7) is 4.25. The Morgan fingerprint density at radius 2 is 2.00 bits per heavy atom. The van der Waals surface area contributed by atoms with Crippen LogP contribution in [0.25, 0.3) is 6.08 Å². The lowest BCUT2D eigenvalue weighted by Gasteiger charge is -2.21. The number of nitrogens with two attached hydrogens (primary N) is 1. The highest BCUT2D eigenvalue weighted by Crippen LogP contribution is 2.11. The van der Waals surface area contributed by atoms with Crippen LogP contribution >= 0.6 is 0 Å². The van der Waals surface area contributed by atoms with E-state index in [4.69, 9.17) is 10.8 Å². The molecule has 0 fully saturated rings. The first kappa shape index (κ1) is 14.3. The van der Waals surface area contributed by atoms with E-state index >= 15 is 0 Å². The number of aliphatic hydroxyl groups is 1. The summed E-state index contributed by atoms with van der Waals surface area (Å²) in [6.07, 6.45) is 3.19. The minimum Gasteiger partial charge on any atom is -0.399 e. The molecule has 98 valence electrons. The topological polar surface area (TPSA) is 75.3 Å². The van der Waals surface area contributed by atoms with Crippen molar-refractivity contribution in [2.24, 2.45) is 5.41 Å². The first-order valence-electron chi connectivity index (χ1n) is 5.85. The van der Waals surface area contributed by atoms with E-state index in [1.165, 1.54) is 6.08 Å². The predicted molar refractivity (Wildman–Crippen MR) is 73.8 cm³/mol. The number of benzene rings is 1. The molecule has 0 aliphatic heterocycles. The third-order valence-corrected chi connectivity index (χ3v) is 2.53. The van der Waals surface area contributed by atoms with Gasteiger partial charge in [-0.25, -0.2) is 0 Å². The predicted octanol–water partition coefficient (Wildman–Crippen LogP) is 1.42. The Balaban J connectivity index is 2.47. The normalized spacial score (nSPS) is 11.7. The van der Waals surface area contributed by atoms with Crippen molar-refractivity contribution in [3.05, 3.63) is 35.9 Å². The summed E-state index contributed by atoms with van der Waals surface area (Å²) in [6, 6.07) is 7.26. The first-order valence-corrected chi connectivity index (χ1v) is 5.85. The highest BCUT2D eigenvalue weighted by atomic mass is 16.3. The lowest BCUT2D eigenvalue weighted by molar-refractivity contribution is -0.116. The fourth-order valence-corrected chi connectivity index (χ4v) is 1.22. The Kier molecular flexibility index (Phi) is 4.92. The van der Waals surface area contributed by atoms with Crippen molar-refractivity contribution in [3.63, 3.8) is 0 Å². The van der Waals surface area contributed by atoms with Gasteiger partial charge in [0.2, 0.25) is 5.91 Å². The van der Waals surface area contributed by atoms with Crippen LogP contribution in [0.4, 0.5) is 5.69 Å². The lowest BCUT2D eigenvalue weighted by Crippen LogP contribution is -2.35. The number of nitrogens with one attached hydrogen (secondary N) is 1. The summed E-state index contributed by atoms with van der Waals surface area (Å²) in [5.41, 5.74) is 6.88. The highest BCUT2D eigenvalue weighted by Gasteiger charge is 2.16. The third kappa shape index (κ3) is 5.01. The van der Waals surface area contributed by atoms with Gasteiger partial charge in [-0.05, 0) is 23.8 Å². The molecule has 4 nitrogen and oxygen atoms in total. The van der Waals surface area contributed by atoms with Crippen LogP contribution < -0.4 is 11.1 Å². The lowest BCUT2D eigenvalue weighted by atomic mass is 9.95. The Bertz CT molecular complexity index is 422. The first-order chi connectivity index (χ1) is 8.43. The van der Waals surface area contributed by atoms with E-state index in [2.05, 4.69) is 5.32 Å². The van der Waals surface area contributed by atoms with Crippen LogP contribution in [-0.2, 0) is 4.79 Å². The summed E-state index contributed by atoms with van der Waals surface area (Å²) < 4.78 is 0. The van der Waals surface area contributed by atoms with Gasteiger partial charge in [-0.15, -0.1) is 0 Å². The van der Waals surface area contributed by atoms with Crippen molar-refractivity contribution in [3.8, 4) is 0 Å². The quantitative estimate of drug-likeness (QED) is 0.545. The van der Waals surface area contributed by atoms with Crippen LogP contribution in [0.5, 0.6) is 0 Å². The summed E-state index contributed by atoms with van der Waals surface area (Å²) in [7, 11) is 0. The summed E-state index contributed by atoms with van der Waals surface area (Å²) in [5, 5.41) is 11.8. The van der Waals surface area contributed by atoms with E-state index in [1.807, 2.05) is 26.0 Å². The van der Waals surface area contributed by atoms with E-state index < -0.39 is 0 Å². The maximum atomic E-state index is 11.5. The molecule has 1 rings (SSSR count). The van der Waals surface area contributed by atoms with Crippen LogP contribution in [0.15, 0.2) is 30.3 Å². The molecule has 0 bridgehead atoms. The maximum absolute atomic E-state index is 11.5. The third-order valence-electron chi connectivity index (χ3n) is 2.53. The van der Waals surface area contributed by atoms with Crippen LogP contribution in [0, 0.1) is 5.41 Å². The molecule has 1 aromatic rings. The number of rotatable bonds is 5. The van der Waals surface area contributed by atoms with Gasteiger partial charge in [0, 0.05) is 30.3 Å². The van der Waals surface area contributed by atoms with Crippen molar-refractivity contribution >= 4 is 17.7 Å². The monoisotopic (exact) mass is 248 g/mol. The Morgan fingerprint density at radius 3 is 2.56 bits per heavy atom. The SMILES string of the molecule is CC(C)(CO)CNC(=O)/C=C/c1ccc(N)cc1. The van der Waals surface area contributed by atoms with Crippen molar-refractivity contribution in [1.29, 1.82) is 0 Å². The van der Waals surface area contributed by atoms with Gasteiger partial charge in [-0.3, -0.25) is 4.79 Å². The molecule has 0 aliphatic carbocycles. The minimum absolute atomic E-state index is 0.0367. The fourth-order valence-electron chi connectivity index (χ4n) is 1.22. The van der Waals surface area contributed by atoms with Crippen molar-refractivity contribution < 1.29 is 9.90 Å². The molecular formula is C14H20N2O2. The molecule has 0 aliphatic rings. The standard InChI is InChI=1S/C14H20N2O2/c1-14(2,10-17)9-16-13(18)8-5-11-3-6-12(15)7-4-11/h3-8,17H,9-10,15H2,1-2H3,(H,16,18)/b8-5+. The molecule has 0 heterocycles. The van der Waals surface area contributed by atoms with Gasteiger partial charge in [0.25, 0.3) is 0 Å². The highest BCUT2D eigenvalue weighted by molar-refractivity contribution is 5.91. The second-order valence-corrected chi connectivity index (χ2v) is 5.04. The Morgan fingerprint density at radius 1 is 1.39 bits per heavy atom. The van der Waals surface area contributed by atoms with Gasteiger partial charge in [0.15, 0.2) is 0 Å². The Labute approximate surface area is 108 Å². The van der Waals surface area contributed by atoms with Gasteiger partial charge in [0.05, 0.1) is 0 Å². The zero-order valence-corrected chi connectivity index (χ0v) is 10.8. The molecule has 4 N–H and O–H groups in total. The molecule has 0 atom stereocenters. The average Bonchev–Trinajstić information content (AvgIpc) is 2.36. The van der Waals surface area contributed by atoms with Crippen LogP contribution in [0.1, 0.15) is 19.4 Å². The van der Waals surface area contributed by atoms with E-state index in [1.54, 1.807) is 18.2 Å². The molecule has 0 radical (unpaired) electrons. The van der Waals surface area contributed by atoms with Crippen LogP contribution in [-0.4, -0.2) is 24.2 Å². The number of hydrogen-bond acceptors (Lipinski definition) is 3. The van der Waals surface area contributed by atoms with Gasteiger partial charge >= 0.3 is 0 Å². The van der Waals surface area contributed by atoms with Crippen molar-refractivity contribution in [2.45, 2.75) is 13.8 Å². The Hall–Kier alpha value is -1.81. The fraction of sp³-hybridized carbons (Fsp3) is 0.357. The molecule has 0 spiro atoms. The number of carbonyl (C=O) groups excluding carboxylic acids is 1. The zero-order chi connectivity index (χ0) is 13.6. The van der Waals surface area contributed by atoms with Gasteiger partial charge < -0.3 is 16.2 Å². The van der Waals surface area contributed by atoms with Gasteiger partial charge in [-0.2, -0.15) is 0 Å².